The molecule has 0 aliphatic heterocycles. The highest BCUT2D eigenvalue weighted by Gasteiger charge is 2.08. The molecule has 0 spiro atoms. The minimum absolute atomic E-state index is 0.359. The number of thiazole rings is 1. The van der Waals surface area contributed by atoms with Gasteiger partial charge in [-0.1, -0.05) is 35.3 Å². The second kappa shape index (κ2) is 7.21. The standard InChI is InChI=1S/C17H12Cl2N2O2S/c1-23-16(22)11-4-2-10(3-5-11)15-9-24-17(21-15)20-12-6-7-13(18)14(19)8-12/h2-9H,1H3,(H,20,21). The van der Waals surface area contributed by atoms with Crippen molar-refractivity contribution in [1.29, 1.82) is 0 Å². The molecular formula is C17H12Cl2N2O2S. The highest BCUT2D eigenvalue weighted by atomic mass is 35.5. The molecule has 0 radical (unpaired) electrons. The molecule has 0 aliphatic carbocycles. The third-order valence-corrected chi connectivity index (χ3v) is 4.77. The first kappa shape index (κ1) is 16.8. The Bertz CT molecular complexity index is 879. The molecule has 0 unspecified atom stereocenters. The molecule has 1 heterocycles. The lowest BCUT2D eigenvalue weighted by atomic mass is 10.1. The van der Waals surface area contributed by atoms with E-state index < -0.39 is 0 Å². The van der Waals surface area contributed by atoms with Crippen molar-refractivity contribution in [3.63, 3.8) is 0 Å². The number of halogens is 2. The zero-order valence-electron chi connectivity index (χ0n) is 12.5. The van der Waals surface area contributed by atoms with Crippen LogP contribution in [0, 0.1) is 0 Å². The fourth-order valence-corrected chi connectivity index (χ4v) is 3.09. The molecule has 4 nitrogen and oxygen atoms in total. The van der Waals surface area contributed by atoms with Crippen molar-refractivity contribution in [2.24, 2.45) is 0 Å². The van der Waals surface area contributed by atoms with Gasteiger partial charge in [0.25, 0.3) is 0 Å². The molecule has 1 N–H and O–H groups in total. The Morgan fingerprint density at radius 1 is 1.12 bits per heavy atom. The largest absolute Gasteiger partial charge is 0.465 e. The number of carbonyl (C=O) groups excluding carboxylic acids is 1. The third kappa shape index (κ3) is 3.70. The quantitative estimate of drug-likeness (QED) is 0.596. The summed E-state index contributed by atoms with van der Waals surface area (Å²) in [5.41, 5.74) is 3.05. The second-order valence-corrected chi connectivity index (χ2v) is 6.53. The number of nitrogens with zero attached hydrogens (tertiary/aromatic N) is 1. The van der Waals surface area contributed by atoms with Crippen molar-refractivity contribution in [3.8, 4) is 11.3 Å². The normalized spacial score (nSPS) is 10.5. The number of methoxy groups -OCH3 is 1. The number of anilines is 2. The Balaban J connectivity index is 1.77. The van der Waals surface area contributed by atoms with Gasteiger partial charge in [0.2, 0.25) is 0 Å². The van der Waals surface area contributed by atoms with Crippen molar-refractivity contribution in [2.75, 3.05) is 12.4 Å². The van der Waals surface area contributed by atoms with Crippen molar-refractivity contribution >= 4 is 51.3 Å². The smallest absolute Gasteiger partial charge is 0.337 e. The summed E-state index contributed by atoms with van der Waals surface area (Å²) in [6.45, 7) is 0. The van der Waals surface area contributed by atoms with Crippen LogP contribution in [0.2, 0.25) is 10.0 Å². The van der Waals surface area contributed by atoms with Gasteiger partial charge in [0.1, 0.15) is 0 Å². The Hall–Kier alpha value is -2.08. The maximum absolute atomic E-state index is 11.5. The van der Waals surface area contributed by atoms with E-state index >= 15 is 0 Å². The van der Waals surface area contributed by atoms with Crippen LogP contribution < -0.4 is 5.32 Å². The van der Waals surface area contributed by atoms with Crippen LogP contribution in [0.25, 0.3) is 11.3 Å². The van der Waals surface area contributed by atoms with Crippen molar-refractivity contribution in [1.82, 2.24) is 4.98 Å². The second-order valence-electron chi connectivity index (χ2n) is 4.86. The number of hydrogen-bond acceptors (Lipinski definition) is 5. The summed E-state index contributed by atoms with van der Waals surface area (Å²) < 4.78 is 4.69. The predicted molar refractivity (Wildman–Crippen MR) is 98.6 cm³/mol. The minimum atomic E-state index is -0.359. The number of nitrogens with one attached hydrogen (secondary N) is 1. The van der Waals surface area contributed by atoms with Gasteiger partial charge in [-0.2, -0.15) is 0 Å². The van der Waals surface area contributed by atoms with E-state index in [4.69, 9.17) is 23.2 Å². The molecule has 24 heavy (non-hydrogen) atoms. The maximum Gasteiger partial charge on any atom is 0.337 e. The van der Waals surface area contributed by atoms with E-state index in [2.05, 4.69) is 15.0 Å². The number of ether oxygens (including phenoxy) is 1. The van der Waals surface area contributed by atoms with Crippen LogP contribution in [0.5, 0.6) is 0 Å². The fourth-order valence-electron chi connectivity index (χ4n) is 2.06. The van der Waals surface area contributed by atoms with Crippen LogP contribution in [0.1, 0.15) is 10.4 Å². The topological polar surface area (TPSA) is 51.2 Å². The molecule has 0 bridgehead atoms. The zero-order chi connectivity index (χ0) is 17.1. The van der Waals surface area contributed by atoms with E-state index in [0.29, 0.717) is 15.6 Å². The summed E-state index contributed by atoms with van der Waals surface area (Å²) in [4.78, 5) is 16.0. The average Bonchev–Trinajstić information content (AvgIpc) is 3.06. The van der Waals surface area contributed by atoms with Gasteiger partial charge in [-0.3, -0.25) is 0 Å². The Morgan fingerprint density at radius 3 is 2.54 bits per heavy atom. The molecule has 0 amide bonds. The predicted octanol–water partition coefficient (Wildman–Crippen LogP) is 5.65. The molecule has 0 aliphatic rings. The first-order valence-electron chi connectivity index (χ1n) is 6.93. The lowest BCUT2D eigenvalue weighted by molar-refractivity contribution is 0.0601. The van der Waals surface area contributed by atoms with Gasteiger partial charge >= 0.3 is 5.97 Å². The van der Waals surface area contributed by atoms with Crippen LogP contribution in [0.15, 0.2) is 47.8 Å². The number of esters is 1. The maximum atomic E-state index is 11.5. The number of hydrogen-bond donors (Lipinski definition) is 1. The summed E-state index contributed by atoms with van der Waals surface area (Å²) in [6, 6.07) is 12.4. The number of carbonyl (C=O) groups is 1. The monoisotopic (exact) mass is 378 g/mol. The van der Waals surface area contributed by atoms with Crippen LogP contribution in [-0.2, 0) is 4.74 Å². The fraction of sp³-hybridized carbons (Fsp3) is 0.0588. The summed E-state index contributed by atoms with van der Waals surface area (Å²) >= 11 is 13.4. The van der Waals surface area contributed by atoms with Gasteiger partial charge in [0.05, 0.1) is 28.4 Å². The van der Waals surface area contributed by atoms with Crippen molar-refractivity contribution < 1.29 is 9.53 Å². The highest BCUT2D eigenvalue weighted by molar-refractivity contribution is 7.14. The Labute approximate surface area is 153 Å². The molecule has 0 atom stereocenters. The molecule has 1 aromatic heterocycles. The van der Waals surface area contributed by atoms with Crippen molar-refractivity contribution in [3.05, 3.63) is 63.5 Å². The van der Waals surface area contributed by atoms with Crippen LogP contribution in [0.4, 0.5) is 10.8 Å². The molecule has 3 aromatic rings. The first-order chi connectivity index (χ1) is 11.6. The minimum Gasteiger partial charge on any atom is -0.465 e. The third-order valence-electron chi connectivity index (χ3n) is 3.28. The number of benzene rings is 2. The number of aromatic nitrogens is 1. The van der Waals surface area contributed by atoms with E-state index in [1.54, 1.807) is 24.3 Å². The average molecular weight is 379 g/mol. The lowest BCUT2D eigenvalue weighted by Gasteiger charge is -2.04. The van der Waals surface area contributed by atoms with Gasteiger partial charge in [-0.15, -0.1) is 11.3 Å². The molecule has 0 saturated carbocycles. The molecule has 3 rings (SSSR count). The van der Waals surface area contributed by atoms with Crippen molar-refractivity contribution in [2.45, 2.75) is 0 Å². The summed E-state index contributed by atoms with van der Waals surface area (Å²) in [6.07, 6.45) is 0. The molecular weight excluding hydrogens is 367 g/mol. The van der Waals surface area contributed by atoms with E-state index in [1.807, 2.05) is 23.6 Å². The summed E-state index contributed by atoms with van der Waals surface area (Å²) in [5, 5.41) is 6.86. The lowest BCUT2D eigenvalue weighted by Crippen LogP contribution is -2.00. The number of rotatable bonds is 4. The highest BCUT2D eigenvalue weighted by Crippen LogP contribution is 2.30. The summed E-state index contributed by atoms with van der Waals surface area (Å²) in [7, 11) is 1.36. The van der Waals surface area contributed by atoms with Gasteiger partial charge in [0, 0.05) is 16.6 Å². The van der Waals surface area contributed by atoms with E-state index in [9.17, 15) is 4.79 Å². The van der Waals surface area contributed by atoms with Crippen LogP contribution >= 0.6 is 34.5 Å². The van der Waals surface area contributed by atoms with Crippen LogP contribution in [-0.4, -0.2) is 18.1 Å². The van der Waals surface area contributed by atoms with Gasteiger partial charge in [-0.05, 0) is 30.3 Å². The molecule has 122 valence electrons. The summed E-state index contributed by atoms with van der Waals surface area (Å²) in [5.74, 6) is -0.359. The van der Waals surface area contributed by atoms with E-state index in [0.717, 1.165) is 22.1 Å². The van der Waals surface area contributed by atoms with E-state index in [-0.39, 0.29) is 5.97 Å². The first-order valence-corrected chi connectivity index (χ1v) is 8.57. The molecule has 7 heteroatoms. The van der Waals surface area contributed by atoms with Crippen LogP contribution in [0.3, 0.4) is 0 Å². The van der Waals surface area contributed by atoms with E-state index in [1.165, 1.54) is 18.4 Å². The molecule has 0 saturated heterocycles. The Kier molecular flexibility index (Phi) is 5.04. The van der Waals surface area contributed by atoms with Gasteiger partial charge in [0.15, 0.2) is 5.13 Å². The van der Waals surface area contributed by atoms with Gasteiger partial charge in [-0.25, -0.2) is 9.78 Å². The molecule has 0 fully saturated rings. The molecule has 2 aromatic carbocycles. The zero-order valence-corrected chi connectivity index (χ0v) is 14.9. The Morgan fingerprint density at radius 2 is 1.88 bits per heavy atom. The van der Waals surface area contributed by atoms with Gasteiger partial charge < -0.3 is 10.1 Å². The SMILES string of the molecule is COC(=O)c1ccc(-c2csc(Nc3ccc(Cl)c(Cl)c3)n2)cc1.